The Hall–Kier alpha value is -2.78. The molecule has 1 aliphatic heterocycles. The van der Waals surface area contributed by atoms with Crippen LogP contribution in [0.3, 0.4) is 0 Å². The molecule has 0 radical (unpaired) electrons. The van der Waals surface area contributed by atoms with Crippen molar-refractivity contribution in [3.8, 4) is 0 Å². The maximum absolute atomic E-state index is 14.3. The van der Waals surface area contributed by atoms with Crippen molar-refractivity contribution in [2.75, 3.05) is 19.6 Å². The third-order valence-electron chi connectivity index (χ3n) is 5.44. The van der Waals surface area contributed by atoms with Gasteiger partial charge in [-0.15, -0.1) is 0 Å². The van der Waals surface area contributed by atoms with Crippen molar-refractivity contribution in [3.05, 3.63) is 65.5 Å². The van der Waals surface area contributed by atoms with E-state index in [1.54, 1.807) is 6.92 Å². The van der Waals surface area contributed by atoms with Gasteiger partial charge in [0, 0.05) is 32.1 Å². The lowest BCUT2D eigenvalue weighted by atomic mass is 10.0. The molecule has 2 amide bonds. The zero-order valence-corrected chi connectivity index (χ0v) is 18.8. The van der Waals surface area contributed by atoms with Gasteiger partial charge in [0.05, 0.1) is 10.5 Å². The van der Waals surface area contributed by atoms with Crippen LogP contribution in [0.2, 0.25) is 0 Å². The summed E-state index contributed by atoms with van der Waals surface area (Å²) in [6.07, 6.45) is 2.16. The molecule has 2 aromatic carbocycles. The minimum atomic E-state index is -3.80. The molecule has 0 bridgehead atoms. The molecule has 1 aliphatic rings. The average molecular weight is 462 g/mol. The number of sulfonamides is 1. The number of carbonyl (C=O) groups excluding carboxylic acids is 2. The number of halogens is 1. The predicted molar refractivity (Wildman–Crippen MR) is 119 cm³/mol. The maximum Gasteiger partial charge on any atom is 0.256 e. The number of hydrogen-bond acceptors (Lipinski definition) is 4. The second-order valence-corrected chi connectivity index (χ2v) is 9.53. The summed E-state index contributed by atoms with van der Waals surface area (Å²) in [7, 11) is -3.80. The zero-order valence-electron chi connectivity index (χ0n) is 18.0. The number of rotatable bonds is 8. The molecule has 0 aliphatic carbocycles. The van der Waals surface area contributed by atoms with Crippen molar-refractivity contribution in [2.24, 2.45) is 0 Å². The molecule has 1 saturated heterocycles. The fourth-order valence-electron chi connectivity index (χ4n) is 3.71. The molecule has 0 spiro atoms. The Kier molecular flexibility index (Phi) is 7.98. The van der Waals surface area contributed by atoms with Gasteiger partial charge in [0.2, 0.25) is 15.9 Å². The number of piperidine rings is 1. The SMILES string of the molecule is CCNS(=O)(=O)c1ccc(F)c(C(=O)N2CCC(NC(=O)CCc3ccccc3)CC2)c1. The van der Waals surface area contributed by atoms with Gasteiger partial charge in [0.1, 0.15) is 5.82 Å². The lowest BCUT2D eigenvalue weighted by Gasteiger charge is -2.32. The van der Waals surface area contributed by atoms with Gasteiger partial charge in [-0.05, 0) is 43.0 Å². The summed E-state index contributed by atoms with van der Waals surface area (Å²) >= 11 is 0. The molecule has 1 fully saturated rings. The Morgan fingerprint density at radius 2 is 1.78 bits per heavy atom. The Balaban J connectivity index is 1.55. The van der Waals surface area contributed by atoms with E-state index in [0.717, 1.165) is 23.8 Å². The molecule has 0 unspecified atom stereocenters. The summed E-state index contributed by atoms with van der Waals surface area (Å²) in [5, 5.41) is 3.00. The van der Waals surface area contributed by atoms with E-state index in [1.807, 2.05) is 30.3 Å². The highest BCUT2D eigenvalue weighted by Crippen LogP contribution is 2.20. The zero-order chi connectivity index (χ0) is 23.1. The van der Waals surface area contributed by atoms with Crippen LogP contribution in [-0.4, -0.2) is 50.8 Å². The molecule has 2 N–H and O–H groups in total. The quantitative estimate of drug-likeness (QED) is 0.631. The number of benzene rings is 2. The van der Waals surface area contributed by atoms with Crippen LogP contribution >= 0.6 is 0 Å². The molecule has 0 aromatic heterocycles. The number of aryl methyl sites for hydroxylation is 1. The summed E-state index contributed by atoms with van der Waals surface area (Å²) in [5.74, 6) is -1.35. The van der Waals surface area contributed by atoms with Crippen molar-refractivity contribution in [3.63, 3.8) is 0 Å². The monoisotopic (exact) mass is 461 g/mol. The first-order valence-electron chi connectivity index (χ1n) is 10.7. The van der Waals surface area contributed by atoms with Crippen LogP contribution in [0.5, 0.6) is 0 Å². The summed E-state index contributed by atoms with van der Waals surface area (Å²) in [5.41, 5.74) is 0.831. The van der Waals surface area contributed by atoms with Crippen molar-refractivity contribution >= 4 is 21.8 Å². The largest absolute Gasteiger partial charge is 0.353 e. The Morgan fingerprint density at radius 3 is 2.44 bits per heavy atom. The van der Waals surface area contributed by atoms with Gasteiger partial charge in [0.25, 0.3) is 5.91 Å². The van der Waals surface area contributed by atoms with E-state index in [9.17, 15) is 22.4 Å². The highest BCUT2D eigenvalue weighted by Gasteiger charge is 2.27. The van der Waals surface area contributed by atoms with E-state index in [0.29, 0.717) is 38.8 Å². The molecule has 7 nitrogen and oxygen atoms in total. The van der Waals surface area contributed by atoms with E-state index in [4.69, 9.17) is 0 Å². The highest BCUT2D eigenvalue weighted by atomic mass is 32.2. The van der Waals surface area contributed by atoms with Gasteiger partial charge in [-0.3, -0.25) is 9.59 Å². The van der Waals surface area contributed by atoms with Crippen LogP contribution in [0.15, 0.2) is 53.4 Å². The molecule has 172 valence electrons. The van der Waals surface area contributed by atoms with E-state index in [-0.39, 0.29) is 29.0 Å². The maximum atomic E-state index is 14.3. The molecule has 1 heterocycles. The first kappa shape index (κ1) is 23.9. The van der Waals surface area contributed by atoms with Gasteiger partial charge < -0.3 is 10.2 Å². The van der Waals surface area contributed by atoms with Crippen LogP contribution < -0.4 is 10.0 Å². The Bertz CT molecular complexity index is 1050. The van der Waals surface area contributed by atoms with Crippen molar-refractivity contribution < 1.29 is 22.4 Å². The first-order chi connectivity index (χ1) is 15.3. The van der Waals surface area contributed by atoms with Crippen molar-refractivity contribution in [1.29, 1.82) is 0 Å². The third kappa shape index (κ3) is 6.14. The summed E-state index contributed by atoms with van der Waals surface area (Å²) in [6, 6.07) is 12.9. The number of nitrogens with zero attached hydrogens (tertiary/aromatic N) is 1. The fraction of sp³-hybridized carbons (Fsp3) is 0.391. The van der Waals surface area contributed by atoms with Crippen LogP contribution in [-0.2, 0) is 21.2 Å². The van der Waals surface area contributed by atoms with Gasteiger partial charge >= 0.3 is 0 Å². The Morgan fingerprint density at radius 1 is 1.09 bits per heavy atom. The van der Waals surface area contributed by atoms with Crippen LogP contribution in [0.4, 0.5) is 4.39 Å². The Labute approximate surface area is 188 Å². The van der Waals surface area contributed by atoms with E-state index in [1.165, 1.54) is 4.90 Å². The van der Waals surface area contributed by atoms with Gasteiger partial charge in [-0.25, -0.2) is 17.5 Å². The standard InChI is InChI=1S/C23H28FN3O4S/c1-2-25-32(30,31)19-9-10-21(24)20(16-19)23(29)27-14-12-18(13-15-27)26-22(28)11-8-17-6-4-3-5-7-17/h3-7,9-10,16,18,25H,2,8,11-15H2,1H3,(H,26,28). The van der Waals surface area contributed by atoms with Gasteiger partial charge in [0.15, 0.2) is 0 Å². The van der Waals surface area contributed by atoms with Gasteiger partial charge in [-0.2, -0.15) is 0 Å². The minimum absolute atomic E-state index is 0.0361. The summed E-state index contributed by atoms with van der Waals surface area (Å²) in [6.45, 7) is 2.53. The fourth-order valence-corrected chi connectivity index (χ4v) is 4.78. The minimum Gasteiger partial charge on any atom is -0.353 e. The topological polar surface area (TPSA) is 95.6 Å². The van der Waals surface area contributed by atoms with E-state index in [2.05, 4.69) is 10.0 Å². The smallest absolute Gasteiger partial charge is 0.256 e. The van der Waals surface area contributed by atoms with E-state index < -0.39 is 21.7 Å². The molecule has 9 heteroatoms. The molecular weight excluding hydrogens is 433 g/mol. The summed E-state index contributed by atoms with van der Waals surface area (Å²) in [4.78, 5) is 26.4. The normalized spacial score (nSPS) is 14.9. The first-order valence-corrected chi connectivity index (χ1v) is 12.2. The number of carbonyl (C=O) groups is 2. The van der Waals surface area contributed by atoms with Crippen molar-refractivity contribution in [1.82, 2.24) is 14.9 Å². The molecule has 32 heavy (non-hydrogen) atoms. The lowest BCUT2D eigenvalue weighted by Crippen LogP contribution is -2.46. The van der Waals surface area contributed by atoms with Crippen molar-refractivity contribution in [2.45, 2.75) is 43.5 Å². The third-order valence-corrected chi connectivity index (χ3v) is 6.99. The van der Waals surface area contributed by atoms with E-state index >= 15 is 0 Å². The van der Waals surface area contributed by atoms with Crippen LogP contribution in [0, 0.1) is 5.82 Å². The molecule has 0 atom stereocenters. The molecular formula is C23H28FN3O4S. The highest BCUT2D eigenvalue weighted by molar-refractivity contribution is 7.89. The van der Waals surface area contributed by atoms with Gasteiger partial charge in [-0.1, -0.05) is 37.3 Å². The van der Waals surface area contributed by atoms with Crippen LogP contribution in [0.25, 0.3) is 0 Å². The second-order valence-electron chi connectivity index (χ2n) is 7.76. The number of amides is 2. The number of nitrogens with one attached hydrogen (secondary N) is 2. The number of hydrogen-bond donors (Lipinski definition) is 2. The summed E-state index contributed by atoms with van der Waals surface area (Å²) < 4.78 is 41.0. The second kappa shape index (κ2) is 10.7. The average Bonchev–Trinajstić information content (AvgIpc) is 2.78. The predicted octanol–water partition coefficient (Wildman–Crippen LogP) is 2.48. The molecule has 2 aromatic rings. The van der Waals surface area contributed by atoms with Crippen LogP contribution in [0.1, 0.15) is 42.1 Å². The molecule has 0 saturated carbocycles. The molecule has 3 rings (SSSR count). The number of likely N-dealkylation sites (tertiary alicyclic amines) is 1. The lowest BCUT2D eigenvalue weighted by molar-refractivity contribution is -0.122.